The summed E-state index contributed by atoms with van der Waals surface area (Å²) in [7, 11) is 0. The highest BCUT2D eigenvalue weighted by Gasteiger charge is 2.17. The Morgan fingerprint density at radius 1 is 1.19 bits per heavy atom. The van der Waals surface area contributed by atoms with E-state index in [4.69, 9.17) is 5.73 Å². The van der Waals surface area contributed by atoms with E-state index in [1.807, 2.05) is 23.1 Å². The molecule has 1 aromatic carbocycles. The molecular formula is C18H23NS2. The van der Waals surface area contributed by atoms with E-state index in [2.05, 4.69) is 44.2 Å². The van der Waals surface area contributed by atoms with Crippen LogP contribution in [-0.4, -0.2) is 5.75 Å². The Morgan fingerprint density at radius 3 is 2.62 bits per heavy atom. The summed E-state index contributed by atoms with van der Waals surface area (Å²) in [5.74, 6) is 3.02. The van der Waals surface area contributed by atoms with Crippen LogP contribution in [0.3, 0.4) is 0 Å². The summed E-state index contributed by atoms with van der Waals surface area (Å²) in [6.45, 7) is 4.46. The second-order valence-electron chi connectivity index (χ2n) is 6.11. The molecule has 1 nitrogen and oxygen atoms in total. The van der Waals surface area contributed by atoms with E-state index in [1.54, 1.807) is 4.88 Å². The van der Waals surface area contributed by atoms with E-state index in [-0.39, 0.29) is 6.04 Å². The minimum Gasteiger partial charge on any atom is -0.323 e. The van der Waals surface area contributed by atoms with Gasteiger partial charge < -0.3 is 5.73 Å². The SMILES string of the molecule is CC(C)c1ccc(CC(N)c2cc3c(s2)CCSC3)cc1. The van der Waals surface area contributed by atoms with Crippen molar-refractivity contribution in [3.63, 3.8) is 0 Å². The Morgan fingerprint density at radius 2 is 1.95 bits per heavy atom. The third kappa shape index (κ3) is 3.53. The van der Waals surface area contributed by atoms with Crippen molar-refractivity contribution in [3.8, 4) is 0 Å². The van der Waals surface area contributed by atoms with Gasteiger partial charge in [0.1, 0.15) is 0 Å². The van der Waals surface area contributed by atoms with Crippen LogP contribution in [0.25, 0.3) is 0 Å². The predicted molar refractivity (Wildman–Crippen MR) is 95.3 cm³/mol. The molecule has 0 spiro atoms. The van der Waals surface area contributed by atoms with Crippen LogP contribution < -0.4 is 5.73 Å². The van der Waals surface area contributed by atoms with Crippen molar-refractivity contribution >= 4 is 23.1 Å². The van der Waals surface area contributed by atoms with Crippen LogP contribution in [0, 0.1) is 0 Å². The van der Waals surface area contributed by atoms with Crippen LogP contribution in [-0.2, 0) is 18.6 Å². The zero-order valence-electron chi connectivity index (χ0n) is 12.8. The Kier molecular flexibility index (Phi) is 4.72. The number of aryl methyl sites for hydroxylation is 1. The number of hydrogen-bond donors (Lipinski definition) is 1. The number of fused-ring (bicyclic) bond motifs is 1. The molecule has 0 saturated carbocycles. The third-order valence-electron chi connectivity index (χ3n) is 4.11. The first kappa shape index (κ1) is 15.1. The van der Waals surface area contributed by atoms with Crippen molar-refractivity contribution in [2.45, 2.75) is 44.4 Å². The lowest BCUT2D eigenvalue weighted by Gasteiger charge is -2.11. The molecule has 1 unspecified atom stereocenters. The van der Waals surface area contributed by atoms with Gasteiger partial charge in [-0.05, 0) is 47.3 Å². The highest BCUT2D eigenvalue weighted by atomic mass is 32.2. The van der Waals surface area contributed by atoms with Crippen LogP contribution in [0.2, 0.25) is 0 Å². The molecule has 2 N–H and O–H groups in total. The van der Waals surface area contributed by atoms with Crippen molar-refractivity contribution < 1.29 is 0 Å². The second-order valence-corrected chi connectivity index (χ2v) is 8.38. The lowest BCUT2D eigenvalue weighted by atomic mass is 9.99. The fraction of sp³-hybridized carbons (Fsp3) is 0.444. The quantitative estimate of drug-likeness (QED) is 0.867. The Labute approximate surface area is 136 Å². The molecule has 0 aliphatic carbocycles. The molecule has 3 heteroatoms. The van der Waals surface area contributed by atoms with Gasteiger partial charge in [0, 0.05) is 21.5 Å². The molecule has 1 aliphatic rings. The number of hydrogen-bond acceptors (Lipinski definition) is 3. The monoisotopic (exact) mass is 317 g/mol. The van der Waals surface area contributed by atoms with Gasteiger partial charge in [0.25, 0.3) is 0 Å². The first-order valence-electron chi connectivity index (χ1n) is 7.67. The lowest BCUT2D eigenvalue weighted by Crippen LogP contribution is -2.11. The fourth-order valence-electron chi connectivity index (χ4n) is 2.75. The smallest absolute Gasteiger partial charge is 0.0430 e. The van der Waals surface area contributed by atoms with E-state index < -0.39 is 0 Å². The topological polar surface area (TPSA) is 26.0 Å². The van der Waals surface area contributed by atoms with E-state index >= 15 is 0 Å². The second kappa shape index (κ2) is 6.55. The number of nitrogens with two attached hydrogens (primary N) is 1. The average Bonchev–Trinajstić information content (AvgIpc) is 2.92. The molecule has 21 heavy (non-hydrogen) atoms. The maximum atomic E-state index is 6.44. The highest BCUT2D eigenvalue weighted by molar-refractivity contribution is 7.98. The van der Waals surface area contributed by atoms with Gasteiger partial charge in [0.2, 0.25) is 0 Å². The molecule has 0 amide bonds. The zero-order valence-corrected chi connectivity index (χ0v) is 14.4. The minimum absolute atomic E-state index is 0.135. The third-order valence-corrected chi connectivity index (χ3v) is 6.49. The molecule has 0 bridgehead atoms. The van der Waals surface area contributed by atoms with Crippen LogP contribution in [0.15, 0.2) is 30.3 Å². The van der Waals surface area contributed by atoms with Gasteiger partial charge >= 0.3 is 0 Å². The summed E-state index contributed by atoms with van der Waals surface area (Å²) in [6.07, 6.45) is 2.16. The highest BCUT2D eigenvalue weighted by Crippen LogP contribution is 2.34. The van der Waals surface area contributed by atoms with Gasteiger partial charge in [-0.25, -0.2) is 0 Å². The maximum Gasteiger partial charge on any atom is 0.0430 e. The largest absolute Gasteiger partial charge is 0.323 e. The lowest BCUT2D eigenvalue weighted by molar-refractivity contribution is 0.735. The van der Waals surface area contributed by atoms with E-state index in [1.165, 1.54) is 39.5 Å². The van der Waals surface area contributed by atoms with E-state index in [0.717, 1.165) is 6.42 Å². The minimum atomic E-state index is 0.135. The van der Waals surface area contributed by atoms with Crippen LogP contribution >= 0.6 is 23.1 Å². The average molecular weight is 318 g/mol. The maximum absolute atomic E-state index is 6.44. The van der Waals surface area contributed by atoms with Crippen molar-refractivity contribution in [2.24, 2.45) is 5.73 Å². The summed E-state index contributed by atoms with van der Waals surface area (Å²) < 4.78 is 0. The fourth-order valence-corrected chi connectivity index (χ4v) is 5.12. The molecule has 3 rings (SSSR count). The summed E-state index contributed by atoms with van der Waals surface area (Å²) in [6, 6.07) is 11.4. The molecule has 112 valence electrons. The van der Waals surface area contributed by atoms with Crippen molar-refractivity contribution in [2.75, 3.05) is 5.75 Å². The molecule has 0 fully saturated rings. The molecule has 1 atom stereocenters. The molecule has 1 aliphatic heterocycles. The molecule has 0 radical (unpaired) electrons. The van der Waals surface area contributed by atoms with Crippen LogP contribution in [0.5, 0.6) is 0 Å². The van der Waals surface area contributed by atoms with Gasteiger partial charge in [0.15, 0.2) is 0 Å². The van der Waals surface area contributed by atoms with E-state index in [9.17, 15) is 0 Å². The van der Waals surface area contributed by atoms with Gasteiger partial charge in [-0.1, -0.05) is 38.1 Å². The Hall–Kier alpha value is -0.770. The number of thiophene rings is 1. The van der Waals surface area contributed by atoms with Crippen molar-refractivity contribution in [3.05, 3.63) is 56.8 Å². The molecule has 2 aromatic rings. The summed E-state index contributed by atoms with van der Waals surface area (Å²) in [5, 5.41) is 0. The van der Waals surface area contributed by atoms with Crippen LogP contribution in [0.1, 0.15) is 52.3 Å². The molecule has 0 saturated heterocycles. The normalized spacial score (nSPS) is 16.0. The van der Waals surface area contributed by atoms with Gasteiger partial charge in [0.05, 0.1) is 0 Å². The first-order chi connectivity index (χ1) is 10.1. The standard InChI is InChI=1S/C18H23NS2/c1-12(2)14-5-3-13(4-6-14)9-16(19)18-10-15-11-20-8-7-17(15)21-18/h3-6,10,12,16H,7-9,11,19H2,1-2H3. The number of thioether (sulfide) groups is 1. The zero-order chi connectivity index (χ0) is 14.8. The first-order valence-corrected chi connectivity index (χ1v) is 9.64. The number of rotatable bonds is 4. The summed E-state index contributed by atoms with van der Waals surface area (Å²) >= 11 is 3.97. The Bertz CT molecular complexity index is 575. The molecular weight excluding hydrogens is 294 g/mol. The predicted octanol–water partition coefficient (Wildman–Crippen LogP) is 4.90. The van der Waals surface area contributed by atoms with Gasteiger partial charge in [-0.15, -0.1) is 11.3 Å². The molecule has 2 heterocycles. The van der Waals surface area contributed by atoms with Crippen molar-refractivity contribution in [1.82, 2.24) is 0 Å². The van der Waals surface area contributed by atoms with Gasteiger partial charge in [-0.2, -0.15) is 11.8 Å². The summed E-state index contributed by atoms with van der Waals surface area (Å²) in [4.78, 5) is 2.92. The van der Waals surface area contributed by atoms with Gasteiger partial charge in [-0.3, -0.25) is 0 Å². The van der Waals surface area contributed by atoms with Crippen molar-refractivity contribution in [1.29, 1.82) is 0 Å². The van der Waals surface area contributed by atoms with Crippen LogP contribution in [0.4, 0.5) is 0 Å². The summed E-state index contributed by atoms with van der Waals surface area (Å²) in [5.41, 5.74) is 10.7. The molecule has 1 aromatic heterocycles. The number of benzene rings is 1. The van der Waals surface area contributed by atoms with E-state index in [0.29, 0.717) is 5.92 Å². The Balaban J connectivity index is 1.70.